The predicted octanol–water partition coefficient (Wildman–Crippen LogP) is 5.62. The van der Waals surface area contributed by atoms with Crippen LogP contribution in [0.3, 0.4) is 0 Å². The van der Waals surface area contributed by atoms with Gasteiger partial charge in [0.05, 0.1) is 0 Å². The number of halogens is 4. The molecule has 0 N–H and O–H groups in total. The predicted molar refractivity (Wildman–Crippen MR) is 79.9 cm³/mol. The summed E-state index contributed by atoms with van der Waals surface area (Å²) in [6.45, 7) is -2.80. The molecule has 0 saturated carbocycles. The molecule has 20 heavy (non-hydrogen) atoms. The lowest BCUT2D eigenvalue weighted by atomic mass is 10.0. The highest BCUT2D eigenvalue weighted by Crippen LogP contribution is 2.29. The minimum atomic E-state index is -2.80. The Kier molecular flexibility index (Phi) is 5.38. The van der Waals surface area contributed by atoms with Crippen LogP contribution in [0, 0.1) is 0 Å². The van der Waals surface area contributed by atoms with E-state index in [1.54, 1.807) is 12.1 Å². The van der Waals surface area contributed by atoms with Crippen LogP contribution in [0.15, 0.2) is 48.5 Å². The lowest BCUT2D eigenvalue weighted by molar-refractivity contribution is -0.0498. The Balaban J connectivity index is 2.03. The van der Waals surface area contributed by atoms with Gasteiger partial charge in [-0.15, -0.1) is 0 Å². The summed E-state index contributed by atoms with van der Waals surface area (Å²) in [4.78, 5) is 0.0848. The van der Waals surface area contributed by atoms with Gasteiger partial charge in [0, 0.05) is 9.85 Å². The van der Waals surface area contributed by atoms with Gasteiger partial charge in [-0.2, -0.15) is 8.78 Å². The zero-order valence-electron chi connectivity index (χ0n) is 10.4. The molecule has 2 aromatic carbocycles. The van der Waals surface area contributed by atoms with Gasteiger partial charge < -0.3 is 4.74 Å². The topological polar surface area (TPSA) is 9.23 Å². The van der Waals surface area contributed by atoms with E-state index in [1.807, 2.05) is 24.3 Å². The molecule has 1 nitrogen and oxygen atoms in total. The summed E-state index contributed by atoms with van der Waals surface area (Å²) in [5.74, 6) is 0.159. The molecule has 0 aliphatic carbocycles. The zero-order valence-corrected chi connectivity index (χ0v) is 12.7. The van der Waals surface area contributed by atoms with Crippen LogP contribution < -0.4 is 4.74 Å². The van der Waals surface area contributed by atoms with Crippen molar-refractivity contribution in [1.82, 2.24) is 0 Å². The van der Waals surface area contributed by atoms with Crippen LogP contribution in [-0.2, 0) is 6.42 Å². The Labute approximate surface area is 129 Å². The maximum Gasteiger partial charge on any atom is 0.387 e. The number of hydrogen-bond donors (Lipinski definition) is 0. The number of alkyl halides is 3. The first-order chi connectivity index (χ1) is 9.54. The van der Waals surface area contributed by atoms with E-state index in [0.717, 1.165) is 17.5 Å². The summed E-state index contributed by atoms with van der Waals surface area (Å²) in [5, 5.41) is 0.697. The molecule has 0 fully saturated rings. The average molecular weight is 362 g/mol. The number of benzene rings is 2. The minimum absolute atomic E-state index is 0.0848. The molecular formula is C15H12BrClF2O. The average Bonchev–Trinajstić information content (AvgIpc) is 2.38. The third kappa shape index (κ3) is 4.46. The van der Waals surface area contributed by atoms with E-state index in [2.05, 4.69) is 20.7 Å². The van der Waals surface area contributed by atoms with Gasteiger partial charge in [-0.3, -0.25) is 0 Å². The lowest BCUT2D eigenvalue weighted by Gasteiger charge is -2.12. The molecule has 106 valence electrons. The quantitative estimate of drug-likeness (QED) is 0.628. The van der Waals surface area contributed by atoms with Crippen molar-refractivity contribution in [1.29, 1.82) is 0 Å². The third-order valence-corrected chi connectivity index (χ3v) is 3.86. The van der Waals surface area contributed by atoms with Crippen molar-refractivity contribution in [3.8, 4) is 5.75 Å². The SMILES string of the molecule is FC(F)Oc1ccc(C(Br)Cc2cccc(Cl)c2)cc1. The van der Waals surface area contributed by atoms with Crippen LogP contribution in [-0.4, -0.2) is 6.61 Å². The summed E-state index contributed by atoms with van der Waals surface area (Å²) in [6.07, 6.45) is 0.760. The maximum absolute atomic E-state index is 12.1. The van der Waals surface area contributed by atoms with Crippen molar-refractivity contribution < 1.29 is 13.5 Å². The highest BCUT2D eigenvalue weighted by atomic mass is 79.9. The number of rotatable bonds is 5. The van der Waals surface area contributed by atoms with E-state index in [1.165, 1.54) is 12.1 Å². The summed E-state index contributed by atoms with van der Waals surface area (Å²) < 4.78 is 28.4. The molecule has 0 bridgehead atoms. The molecule has 0 aliphatic heterocycles. The maximum atomic E-state index is 12.1. The van der Waals surface area contributed by atoms with E-state index in [9.17, 15) is 8.78 Å². The van der Waals surface area contributed by atoms with Crippen molar-refractivity contribution >= 4 is 27.5 Å². The van der Waals surface area contributed by atoms with Gasteiger partial charge in [-0.05, 0) is 41.8 Å². The first-order valence-electron chi connectivity index (χ1n) is 5.98. The van der Waals surface area contributed by atoms with Gasteiger partial charge in [-0.1, -0.05) is 51.8 Å². The van der Waals surface area contributed by atoms with Crippen molar-refractivity contribution in [2.24, 2.45) is 0 Å². The Morgan fingerprint density at radius 3 is 2.40 bits per heavy atom. The number of ether oxygens (including phenoxy) is 1. The lowest BCUT2D eigenvalue weighted by Crippen LogP contribution is -2.02. The summed E-state index contributed by atoms with van der Waals surface area (Å²) >= 11 is 9.53. The van der Waals surface area contributed by atoms with Crippen LogP contribution in [0.2, 0.25) is 5.02 Å². The molecule has 0 radical (unpaired) electrons. The molecular weight excluding hydrogens is 350 g/mol. The van der Waals surface area contributed by atoms with Crippen LogP contribution >= 0.6 is 27.5 Å². The van der Waals surface area contributed by atoms with Gasteiger partial charge >= 0.3 is 6.61 Å². The van der Waals surface area contributed by atoms with Gasteiger partial charge in [-0.25, -0.2) is 0 Å². The summed E-state index contributed by atoms with van der Waals surface area (Å²) in [7, 11) is 0. The molecule has 5 heteroatoms. The van der Waals surface area contributed by atoms with Crippen LogP contribution in [0.4, 0.5) is 8.78 Å². The molecule has 0 saturated heterocycles. The summed E-state index contributed by atoms with van der Waals surface area (Å²) in [5.41, 5.74) is 2.10. The van der Waals surface area contributed by atoms with E-state index < -0.39 is 6.61 Å². The van der Waals surface area contributed by atoms with Gasteiger partial charge in [0.1, 0.15) is 5.75 Å². The standard InChI is InChI=1S/C15H12BrClF2O/c16-14(9-10-2-1-3-12(17)8-10)11-4-6-13(7-5-11)20-15(18)19/h1-8,14-15H,9H2. The van der Waals surface area contributed by atoms with Crippen LogP contribution in [0.5, 0.6) is 5.75 Å². The van der Waals surface area contributed by atoms with Crippen LogP contribution in [0.25, 0.3) is 0 Å². The second-order valence-electron chi connectivity index (χ2n) is 4.25. The smallest absolute Gasteiger partial charge is 0.387 e. The normalized spacial score (nSPS) is 12.4. The molecule has 0 spiro atoms. The molecule has 2 rings (SSSR count). The molecule has 0 aliphatic rings. The van der Waals surface area contributed by atoms with E-state index >= 15 is 0 Å². The first-order valence-corrected chi connectivity index (χ1v) is 7.27. The zero-order chi connectivity index (χ0) is 14.5. The van der Waals surface area contributed by atoms with Crippen LogP contribution in [0.1, 0.15) is 16.0 Å². The van der Waals surface area contributed by atoms with Gasteiger partial charge in [0.25, 0.3) is 0 Å². The van der Waals surface area contributed by atoms with Crippen molar-refractivity contribution in [3.05, 3.63) is 64.7 Å². The monoisotopic (exact) mass is 360 g/mol. The highest BCUT2D eigenvalue weighted by molar-refractivity contribution is 9.09. The number of hydrogen-bond acceptors (Lipinski definition) is 1. The minimum Gasteiger partial charge on any atom is -0.435 e. The van der Waals surface area contributed by atoms with E-state index in [-0.39, 0.29) is 10.6 Å². The van der Waals surface area contributed by atoms with E-state index in [0.29, 0.717) is 5.02 Å². The van der Waals surface area contributed by atoms with Gasteiger partial charge in [0.2, 0.25) is 0 Å². The second kappa shape index (κ2) is 7.04. The highest BCUT2D eigenvalue weighted by Gasteiger charge is 2.10. The van der Waals surface area contributed by atoms with Crippen molar-refractivity contribution in [2.45, 2.75) is 17.9 Å². The fourth-order valence-electron chi connectivity index (χ4n) is 1.85. The Morgan fingerprint density at radius 2 is 1.80 bits per heavy atom. The van der Waals surface area contributed by atoms with Gasteiger partial charge in [0.15, 0.2) is 0 Å². The Bertz CT molecular complexity index is 560. The largest absolute Gasteiger partial charge is 0.435 e. The Hall–Kier alpha value is -1.13. The van der Waals surface area contributed by atoms with E-state index in [4.69, 9.17) is 11.6 Å². The third-order valence-electron chi connectivity index (χ3n) is 2.77. The Morgan fingerprint density at radius 1 is 1.10 bits per heavy atom. The summed E-state index contributed by atoms with van der Waals surface area (Å²) in [6, 6.07) is 14.2. The molecule has 1 atom stereocenters. The molecule has 2 aromatic rings. The van der Waals surface area contributed by atoms with Crippen molar-refractivity contribution in [2.75, 3.05) is 0 Å². The second-order valence-corrected chi connectivity index (χ2v) is 5.79. The molecule has 0 aromatic heterocycles. The molecule has 0 amide bonds. The molecule has 1 unspecified atom stereocenters. The first kappa shape index (κ1) is 15.3. The van der Waals surface area contributed by atoms with Crippen molar-refractivity contribution in [3.63, 3.8) is 0 Å². The fraction of sp³-hybridized carbons (Fsp3) is 0.200. The fourth-order valence-corrected chi connectivity index (χ4v) is 2.74. The molecule has 0 heterocycles.